The first-order valence-electron chi connectivity index (χ1n) is 9.76. The molecule has 0 aromatic heterocycles. The minimum atomic E-state index is -1.19. The number of hydrogen-bond donors (Lipinski definition) is 4. The molecule has 2 aromatic rings. The third-order valence-electron chi connectivity index (χ3n) is 5.08. The third kappa shape index (κ3) is 4.36. The number of aryl methyl sites for hydroxylation is 1. The van der Waals surface area contributed by atoms with Gasteiger partial charge in [-0.2, -0.15) is 0 Å². The predicted octanol–water partition coefficient (Wildman–Crippen LogP) is 2.88. The van der Waals surface area contributed by atoms with Crippen LogP contribution in [-0.2, 0) is 17.8 Å². The van der Waals surface area contributed by atoms with E-state index in [1.807, 2.05) is 13.8 Å². The first-order valence-corrected chi connectivity index (χ1v) is 9.76. The van der Waals surface area contributed by atoms with Gasteiger partial charge in [0.1, 0.15) is 35.1 Å². The number of phenolic OH excluding ortho intramolecular Hbond substituents is 3. The second-order valence-corrected chi connectivity index (χ2v) is 7.81. The summed E-state index contributed by atoms with van der Waals surface area (Å²) in [5.41, 5.74) is 1.59. The summed E-state index contributed by atoms with van der Waals surface area (Å²) in [6.07, 6.45) is 1.99. The van der Waals surface area contributed by atoms with Crippen LogP contribution in [0, 0.1) is 6.92 Å². The van der Waals surface area contributed by atoms with Crippen LogP contribution in [0.15, 0.2) is 29.8 Å². The number of benzene rings is 2. The largest absolute Gasteiger partial charge is 0.508 e. The fourth-order valence-electron chi connectivity index (χ4n) is 3.57. The Hall–Kier alpha value is -4.01. The molecule has 32 heavy (non-hydrogen) atoms. The summed E-state index contributed by atoms with van der Waals surface area (Å²) in [5, 5.41) is 39.6. The van der Waals surface area contributed by atoms with Crippen LogP contribution in [-0.4, -0.2) is 49.7 Å². The zero-order valence-electron chi connectivity index (χ0n) is 17.8. The number of aliphatic carboxylic acids is 1. The van der Waals surface area contributed by atoms with Crippen molar-refractivity contribution in [2.75, 3.05) is 6.54 Å². The van der Waals surface area contributed by atoms with Gasteiger partial charge in [-0.3, -0.25) is 9.59 Å². The highest BCUT2D eigenvalue weighted by atomic mass is 16.5. The SMILES string of the molecule is CC(C)=CCc1c(OC(=O)c2c(C)cc(O)cc2O)cc2c(c1O)CN(CC(=O)O)C2=O. The average Bonchev–Trinajstić information content (AvgIpc) is 2.96. The number of carboxylic acids is 1. The molecule has 168 valence electrons. The highest BCUT2D eigenvalue weighted by molar-refractivity contribution is 6.02. The number of rotatable bonds is 6. The van der Waals surface area contributed by atoms with Crippen molar-refractivity contribution >= 4 is 17.8 Å². The number of carboxylic acid groups (broad SMARTS) is 1. The molecule has 0 unspecified atom stereocenters. The molecule has 1 heterocycles. The van der Waals surface area contributed by atoms with E-state index >= 15 is 0 Å². The van der Waals surface area contributed by atoms with Crippen molar-refractivity contribution in [3.63, 3.8) is 0 Å². The van der Waals surface area contributed by atoms with Crippen LogP contribution in [0.1, 0.15) is 51.3 Å². The molecular weight excluding hydrogens is 418 g/mol. The molecule has 9 heteroatoms. The zero-order chi connectivity index (χ0) is 23.7. The molecule has 2 aromatic carbocycles. The van der Waals surface area contributed by atoms with E-state index in [4.69, 9.17) is 9.84 Å². The monoisotopic (exact) mass is 441 g/mol. The molecule has 0 spiro atoms. The van der Waals surface area contributed by atoms with E-state index in [0.717, 1.165) is 16.5 Å². The molecule has 3 rings (SSSR count). The Bertz CT molecular complexity index is 1140. The molecular formula is C23H23NO8. The van der Waals surface area contributed by atoms with Gasteiger partial charge < -0.3 is 30.1 Å². The fourth-order valence-corrected chi connectivity index (χ4v) is 3.57. The van der Waals surface area contributed by atoms with Gasteiger partial charge >= 0.3 is 11.9 Å². The van der Waals surface area contributed by atoms with Crippen LogP contribution >= 0.6 is 0 Å². The van der Waals surface area contributed by atoms with Crippen LogP contribution in [0.25, 0.3) is 0 Å². The topological polar surface area (TPSA) is 145 Å². The molecule has 0 aliphatic carbocycles. The lowest BCUT2D eigenvalue weighted by molar-refractivity contribution is -0.137. The third-order valence-corrected chi connectivity index (χ3v) is 5.08. The summed E-state index contributed by atoms with van der Waals surface area (Å²) >= 11 is 0. The van der Waals surface area contributed by atoms with E-state index in [-0.39, 0.29) is 58.0 Å². The van der Waals surface area contributed by atoms with E-state index < -0.39 is 30.1 Å². The zero-order valence-corrected chi connectivity index (χ0v) is 17.8. The number of amides is 1. The molecule has 0 radical (unpaired) electrons. The Morgan fingerprint density at radius 1 is 1.16 bits per heavy atom. The molecule has 1 aliphatic heterocycles. The van der Waals surface area contributed by atoms with E-state index in [1.165, 1.54) is 19.1 Å². The second-order valence-electron chi connectivity index (χ2n) is 7.81. The summed E-state index contributed by atoms with van der Waals surface area (Å²) in [6.45, 7) is 4.60. The summed E-state index contributed by atoms with van der Waals surface area (Å²) in [6, 6.07) is 3.59. The summed E-state index contributed by atoms with van der Waals surface area (Å²) in [5.74, 6) is -3.78. The lowest BCUT2D eigenvalue weighted by Gasteiger charge is -2.15. The Kier molecular flexibility index (Phi) is 6.11. The van der Waals surface area contributed by atoms with Gasteiger partial charge in [-0.15, -0.1) is 0 Å². The van der Waals surface area contributed by atoms with Gasteiger partial charge in [-0.1, -0.05) is 11.6 Å². The van der Waals surface area contributed by atoms with Gasteiger partial charge in [0.05, 0.1) is 12.1 Å². The number of allylic oxidation sites excluding steroid dienone is 2. The fraction of sp³-hybridized carbons (Fsp3) is 0.261. The van der Waals surface area contributed by atoms with E-state index in [9.17, 15) is 29.7 Å². The number of carbonyl (C=O) groups is 3. The minimum Gasteiger partial charge on any atom is -0.508 e. The first-order chi connectivity index (χ1) is 15.0. The van der Waals surface area contributed by atoms with Crippen molar-refractivity contribution in [2.24, 2.45) is 0 Å². The molecule has 0 fully saturated rings. The van der Waals surface area contributed by atoms with Crippen molar-refractivity contribution < 1.29 is 39.5 Å². The van der Waals surface area contributed by atoms with Crippen LogP contribution in [0.2, 0.25) is 0 Å². The molecule has 0 saturated heterocycles. The van der Waals surface area contributed by atoms with Crippen LogP contribution in [0.5, 0.6) is 23.0 Å². The Balaban J connectivity index is 2.07. The standard InChI is InChI=1S/C23H23NO8/c1-11(2)4-5-14-18(32-23(31)20-12(3)6-13(25)7-17(20)26)8-15-16(21(14)29)9-24(22(15)30)10-19(27)28/h4,6-8,25-26,29H,5,9-10H2,1-3H3,(H,27,28). The second kappa shape index (κ2) is 8.62. The van der Waals surface area contributed by atoms with Gasteiger partial charge in [-0.25, -0.2) is 4.79 Å². The molecule has 0 atom stereocenters. The Morgan fingerprint density at radius 3 is 2.44 bits per heavy atom. The molecule has 0 bridgehead atoms. The number of esters is 1. The number of nitrogens with zero attached hydrogens (tertiary/aromatic N) is 1. The molecule has 1 amide bonds. The molecule has 9 nitrogen and oxygen atoms in total. The van der Waals surface area contributed by atoms with Crippen molar-refractivity contribution in [2.45, 2.75) is 33.7 Å². The predicted molar refractivity (Wildman–Crippen MR) is 113 cm³/mol. The maximum absolute atomic E-state index is 12.8. The van der Waals surface area contributed by atoms with Crippen molar-refractivity contribution in [3.05, 3.63) is 57.7 Å². The van der Waals surface area contributed by atoms with Crippen molar-refractivity contribution in [1.82, 2.24) is 4.90 Å². The summed E-state index contributed by atoms with van der Waals surface area (Å²) < 4.78 is 5.48. The first kappa shape index (κ1) is 22.7. The van der Waals surface area contributed by atoms with Crippen molar-refractivity contribution in [1.29, 1.82) is 0 Å². The van der Waals surface area contributed by atoms with Gasteiger partial charge in [0.25, 0.3) is 5.91 Å². The number of hydrogen-bond acceptors (Lipinski definition) is 7. The highest BCUT2D eigenvalue weighted by Crippen LogP contribution is 2.40. The maximum atomic E-state index is 12.8. The summed E-state index contributed by atoms with van der Waals surface area (Å²) in [4.78, 5) is 37.6. The molecule has 0 saturated carbocycles. The van der Waals surface area contributed by atoms with Gasteiger partial charge in [-0.05, 0) is 44.9 Å². The Morgan fingerprint density at radius 2 is 1.84 bits per heavy atom. The lowest BCUT2D eigenvalue weighted by Crippen LogP contribution is -2.29. The number of carbonyl (C=O) groups excluding carboxylic acids is 2. The number of aromatic hydroxyl groups is 3. The summed E-state index contributed by atoms with van der Waals surface area (Å²) in [7, 11) is 0. The molecule has 4 N–H and O–H groups in total. The Labute approximate surface area is 183 Å². The van der Waals surface area contributed by atoms with Gasteiger partial charge in [0, 0.05) is 17.2 Å². The molecule has 1 aliphatic rings. The number of phenols is 3. The van der Waals surface area contributed by atoms with Crippen LogP contribution in [0.4, 0.5) is 0 Å². The van der Waals surface area contributed by atoms with E-state index in [1.54, 1.807) is 6.08 Å². The highest BCUT2D eigenvalue weighted by Gasteiger charge is 2.34. The number of ether oxygens (including phenoxy) is 1. The number of fused-ring (bicyclic) bond motifs is 1. The smallest absolute Gasteiger partial charge is 0.347 e. The maximum Gasteiger partial charge on any atom is 0.347 e. The minimum absolute atomic E-state index is 0.0409. The van der Waals surface area contributed by atoms with E-state index in [0.29, 0.717) is 0 Å². The van der Waals surface area contributed by atoms with Crippen LogP contribution in [0.3, 0.4) is 0 Å². The lowest BCUT2D eigenvalue weighted by atomic mass is 9.99. The van der Waals surface area contributed by atoms with Crippen molar-refractivity contribution in [3.8, 4) is 23.0 Å². The quantitative estimate of drug-likeness (QED) is 0.304. The van der Waals surface area contributed by atoms with E-state index in [2.05, 4.69) is 0 Å². The van der Waals surface area contributed by atoms with Gasteiger partial charge in [0.2, 0.25) is 0 Å². The average molecular weight is 441 g/mol. The normalized spacial score (nSPS) is 12.5. The van der Waals surface area contributed by atoms with Crippen LogP contribution < -0.4 is 4.74 Å². The van der Waals surface area contributed by atoms with Gasteiger partial charge in [0.15, 0.2) is 0 Å².